The number of halogens is 1. The van der Waals surface area contributed by atoms with E-state index in [0.717, 1.165) is 11.8 Å². The normalized spacial score (nSPS) is 12.8. The predicted octanol–water partition coefficient (Wildman–Crippen LogP) is 2.75. The summed E-state index contributed by atoms with van der Waals surface area (Å²) in [7, 11) is 0. The lowest BCUT2D eigenvalue weighted by Crippen LogP contribution is -2.04. The van der Waals surface area contributed by atoms with Crippen molar-refractivity contribution >= 4 is 15.9 Å². The minimum Gasteiger partial charge on any atom is -0.396 e. The number of alkyl halides is 1. The van der Waals surface area contributed by atoms with Crippen LogP contribution in [0.1, 0.15) is 18.1 Å². The summed E-state index contributed by atoms with van der Waals surface area (Å²) < 4.78 is 0. The van der Waals surface area contributed by atoms with E-state index < -0.39 is 0 Å². The van der Waals surface area contributed by atoms with Gasteiger partial charge in [-0.05, 0) is 23.5 Å². The molecule has 0 fully saturated rings. The van der Waals surface area contributed by atoms with Gasteiger partial charge in [-0.25, -0.2) is 0 Å². The van der Waals surface area contributed by atoms with E-state index in [0.29, 0.717) is 5.92 Å². The molecule has 72 valence electrons. The molecule has 0 bridgehead atoms. The van der Waals surface area contributed by atoms with Gasteiger partial charge in [0.2, 0.25) is 0 Å². The number of aliphatic hydroxyl groups is 1. The Morgan fingerprint density at radius 3 is 2.23 bits per heavy atom. The smallest absolute Gasteiger partial charge is 0.0459 e. The molecule has 2 heteroatoms. The topological polar surface area (TPSA) is 20.2 Å². The van der Waals surface area contributed by atoms with Crippen molar-refractivity contribution < 1.29 is 5.11 Å². The molecule has 0 saturated heterocycles. The van der Waals surface area contributed by atoms with Gasteiger partial charge in [0.05, 0.1) is 0 Å². The molecule has 0 radical (unpaired) electrons. The molecule has 1 nitrogen and oxygen atoms in total. The molecule has 1 unspecified atom stereocenters. The maximum atomic E-state index is 8.89. The van der Waals surface area contributed by atoms with Crippen molar-refractivity contribution in [3.8, 4) is 0 Å². The molecule has 0 aliphatic carbocycles. The number of rotatable bonds is 4. The lowest BCUT2D eigenvalue weighted by molar-refractivity contribution is 0.237. The Morgan fingerprint density at radius 2 is 1.77 bits per heavy atom. The summed E-state index contributed by atoms with van der Waals surface area (Å²) in [4.78, 5) is 0. The Bertz CT molecular complexity index is 243. The van der Waals surface area contributed by atoms with Crippen molar-refractivity contribution in [2.45, 2.75) is 18.7 Å². The summed E-state index contributed by atoms with van der Waals surface area (Å²) in [6.45, 7) is 2.32. The van der Waals surface area contributed by atoms with Crippen molar-refractivity contribution in [2.75, 3.05) is 6.61 Å². The highest BCUT2D eigenvalue weighted by Gasteiger charge is 2.01. The van der Waals surface area contributed by atoms with Crippen LogP contribution in [-0.2, 0) is 11.8 Å². The van der Waals surface area contributed by atoms with Gasteiger partial charge in [0.25, 0.3) is 0 Å². The Morgan fingerprint density at radius 1 is 1.23 bits per heavy atom. The molecular weight excluding hydrogens is 228 g/mol. The van der Waals surface area contributed by atoms with E-state index in [1.165, 1.54) is 11.1 Å². The average molecular weight is 243 g/mol. The minimum absolute atomic E-state index is 0.264. The summed E-state index contributed by atoms with van der Waals surface area (Å²) in [6, 6.07) is 8.49. The number of hydrogen-bond acceptors (Lipinski definition) is 1. The quantitative estimate of drug-likeness (QED) is 0.806. The average Bonchev–Trinajstić information content (AvgIpc) is 2.19. The van der Waals surface area contributed by atoms with Gasteiger partial charge in [0.15, 0.2) is 0 Å². The molecule has 1 aromatic carbocycles. The molecule has 0 spiro atoms. The monoisotopic (exact) mass is 242 g/mol. The van der Waals surface area contributed by atoms with E-state index in [1.807, 2.05) is 0 Å². The SMILES string of the molecule is CC(CO)Cc1ccc(CBr)cc1. The lowest BCUT2D eigenvalue weighted by atomic mass is 10.0. The van der Waals surface area contributed by atoms with E-state index in [1.54, 1.807) is 0 Å². The summed E-state index contributed by atoms with van der Waals surface area (Å²) in [5.41, 5.74) is 2.59. The lowest BCUT2D eigenvalue weighted by Gasteiger charge is -2.07. The van der Waals surface area contributed by atoms with Crippen molar-refractivity contribution in [1.29, 1.82) is 0 Å². The van der Waals surface area contributed by atoms with Gasteiger partial charge in [0.1, 0.15) is 0 Å². The minimum atomic E-state index is 0.264. The molecule has 0 heterocycles. The van der Waals surface area contributed by atoms with E-state index in [-0.39, 0.29) is 6.61 Å². The van der Waals surface area contributed by atoms with Gasteiger partial charge in [0, 0.05) is 11.9 Å². The van der Waals surface area contributed by atoms with Crippen molar-refractivity contribution in [2.24, 2.45) is 5.92 Å². The second-order valence-electron chi connectivity index (χ2n) is 3.44. The van der Waals surface area contributed by atoms with Crippen LogP contribution >= 0.6 is 15.9 Å². The Labute approximate surface area is 87.9 Å². The third-order valence-electron chi connectivity index (χ3n) is 2.07. The first-order chi connectivity index (χ1) is 6.26. The van der Waals surface area contributed by atoms with E-state index in [2.05, 4.69) is 47.1 Å². The molecule has 13 heavy (non-hydrogen) atoms. The second kappa shape index (κ2) is 5.40. The van der Waals surface area contributed by atoms with Gasteiger partial charge in [-0.3, -0.25) is 0 Å². The zero-order valence-corrected chi connectivity index (χ0v) is 9.42. The van der Waals surface area contributed by atoms with Crippen LogP contribution in [-0.4, -0.2) is 11.7 Å². The summed E-state index contributed by atoms with van der Waals surface area (Å²) in [5.74, 6) is 0.356. The Balaban J connectivity index is 2.58. The fourth-order valence-electron chi connectivity index (χ4n) is 1.23. The first-order valence-electron chi connectivity index (χ1n) is 4.51. The summed E-state index contributed by atoms with van der Waals surface area (Å²) in [5, 5.41) is 9.79. The number of benzene rings is 1. The summed E-state index contributed by atoms with van der Waals surface area (Å²) in [6.07, 6.45) is 0.957. The van der Waals surface area contributed by atoms with Gasteiger partial charge in [-0.2, -0.15) is 0 Å². The standard InChI is InChI=1S/C11H15BrO/c1-9(8-13)6-10-2-4-11(7-12)5-3-10/h2-5,9,13H,6-8H2,1H3. The van der Waals surface area contributed by atoms with Crippen LogP contribution in [0.15, 0.2) is 24.3 Å². The number of hydrogen-bond donors (Lipinski definition) is 1. The van der Waals surface area contributed by atoms with Crippen LogP contribution in [0.5, 0.6) is 0 Å². The van der Waals surface area contributed by atoms with Gasteiger partial charge < -0.3 is 5.11 Å². The zero-order chi connectivity index (χ0) is 9.68. The summed E-state index contributed by atoms with van der Waals surface area (Å²) >= 11 is 3.41. The van der Waals surface area contributed by atoms with Crippen molar-refractivity contribution in [3.63, 3.8) is 0 Å². The molecule has 1 atom stereocenters. The van der Waals surface area contributed by atoms with Gasteiger partial charge >= 0.3 is 0 Å². The van der Waals surface area contributed by atoms with E-state index >= 15 is 0 Å². The highest BCUT2D eigenvalue weighted by Crippen LogP contribution is 2.11. The van der Waals surface area contributed by atoms with Crippen molar-refractivity contribution in [1.82, 2.24) is 0 Å². The molecule has 1 rings (SSSR count). The van der Waals surface area contributed by atoms with Gasteiger partial charge in [-0.1, -0.05) is 47.1 Å². The molecule has 0 aliphatic heterocycles. The molecule has 0 amide bonds. The first kappa shape index (κ1) is 10.7. The fraction of sp³-hybridized carbons (Fsp3) is 0.455. The molecular formula is C11H15BrO. The maximum Gasteiger partial charge on any atom is 0.0459 e. The van der Waals surface area contributed by atoms with Crippen LogP contribution in [0, 0.1) is 5.92 Å². The highest BCUT2D eigenvalue weighted by atomic mass is 79.9. The third-order valence-corrected chi connectivity index (χ3v) is 2.72. The van der Waals surface area contributed by atoms with E-state index in [9.17, 15) is 0 Å². The molecule has 0 aliphatic rings. The largest absolute Gasteiger partial charge is 0.396 e. The molecule has 0 saturated carbocycles. The number of aliphatic hydroxyl groups excluding tert-OH is 1. The molecule has 1 N–H and O–H groups in total. The van der Waals surface area contributed by atoms with Crippen LogP contribution in [0.4, 0.5) is 0 Å². The first-order valence-corrected chi connectivity index (χ1v) is 5.63. The highest BCUT2D eigenvalue weighted by molar-refractivity contribution is 9.08. The Kier molecular flexibility index (Phi) is 4.46. The van der Waals surface area contributed by atoms with E-state index in [4.69, 9.17) is 5.11 Å². The van der Waals surface area contributed by atoms with Crippen LogP contribution in [0.2, 0.25) is 0 Å². The van der Waals surface area contributed by atoms with Crippen molar-refractivity contribution in [3.05, 3.63) is 35.4 Å². The Hall–Kier alpha value is -0.340. The predicted molar refractivity (Wildman–Crippen MR) is 59.0 cm³/mol. The fourth-order valence-corrected chi connectivity index (χ4v) is 1.61. The zero-order valence-electron chi connectivity index (χ0n) is 7.83. The van der Waals surface area contributed by atoms with Crippen LogP contribution in [0.3, 0.4) is 0 Å². The third kappa shape index (κ3) is 3.49. The molecule has 1 aromatic rings. The second-order valence-corrected chi connectivity index (χ2v) is 4.00. The van der Waals surface area contributed by atoms with Crippen LogP contribution < -0.4 is 0 Å². The maximum absolute atomic E-state index is 8.89. The van der Waals surface area contributed by atoms with Gasteiger partial charge in [-0.15, -0.1) is 0 Å². The molecule has 0 aromatic heterocycles. The van der Waals surface area contributed by atoms with Crippen LogP contribution in [0.25, 0.3) is 0 Å².